The molecule has 1 aliphatic heterocycles. The molecule has 6 heteroatoms. The predicted molar refractivity (Wildman–Crippen MR) is 125 cm³/mol. The minimum Gasteiger partial charge on any atom is -0.507 e. The first kappa shape index (κ1) is 21.8. The number of nitriles is 1. The molecule has 1 amide bonds. The SMILES string of the molecule is COc1ccc(/C(O)=C2/C(=O)C(=O)N(c3ccc(C#N)cc3)C2c2cccc(C)c2)cc1C. The normalized spacial score (nSPS) is 17.2. The molecule has 1 N–H and O–H groups in total. The number of anilines is 1. The van der Waals surface area contributed by atoms with Crippen molar-refractivity contribution in [2.45, 2.75) is 19.9 Å². The van der Waals surface area contributed by atoms with Crippen LogP contribution in [0.15, 0.2) is 72.3 Å². The Hall–Kier alpha value is -4.37. The fourth-order valence-corrected chi connectivity index (χ4v) is 4.13. The zero-order valence-electron chi connectivity index (χ0n) is 18.5. The third kappa shape index (κ3) is 3.85. The molecule has 3 aromatic carbocycles. The molecule has 33 heavy (non-hydrogen) atoms. The average molecular weight is 438 g/mol. The van der Waals surface area contributed by atoms with Gasteiger partial charge in [0.05, 0.1) is 30.4 Å². The summed E-state index contributed by atoms with van der Waals surface area (Å²) >= 11 is 0. The molecule has 1 aliphatic rings. The molecule has 1 saturated heterocycles. The van der Waals surface area contributed by atoms with Gasteiger partial charge in [-0.3, -0.25) is 14.5 Å². The lowest BCUT2D eigenvalue weighted by molar-refractivity contribution is -0.132. The maximum atomic E-state index is 13.2. The second kappa shape index (κ2) is 8.64. The number of aliphatic hydroxyl groups excluding tert-OH is 1. The number of aliphatic hydroxyl groups is 1. The van der Waals surface area contributed by atoms with Crippen molar-refractivity contribution in [1.82, 2.24) is 0 Å². The van der Waals surface area contributed by atoms with Crippen molar-refractivity contribution < 1.29 is 19.4 Å². The average Bonchev–Trinajstić information content (AvgIpc) is 3.09. The van der Waals surface area contributed by atoms with E-state index in [1.165, 1.54) is 4.90 Å². The fraction of sp³-hybridized carbons (Fsp3) is 0.148. The van der Waals surface area contributed by atoms with Crippen molar-refractivity contribution in [3.8, 4) is 11.8 Å². The summed E-state index contributed by atoms with van der Waals surface area (Å²) in [6, 6.07) is 20.2. The molecule has 1 fully saturated rings. The molecule has 0 bridgehead atoms. The van der Waals surface area contributed by atoms with Crippen LogP contribution in [-0.2, 0) is 9.59 Å². The van der Waals surface area contributed by atoms with E-state index in [4.69, 9.17) is 10.00 Å². The van der Waals surface area contributed by atoms with Gasteiger partial charge in [-0.2, -0.15) is 5.26 Å². The third-order valence-electron chi connectivity index (χ3n) is 5.75. The summed E-state index contributed by atoms with van der Waals surface area (Å²) in [4.78, 5) is 27.8. The van der Waals surface area contributed by atoms with Gasteiger partial charge in [0.2, 0.25) is 0 Å². The molecule has 0 radical (unpaired) electrons. The van der Waals surface area contributed by atoms with Crippen molar-refractivity contribution in [2.24, 2.45) is 0 Å². The summed E-state index contributed by atoms with van der Waals surface area (Å²) in [5.74, 6) is -1.10. The fourth-order valence-electron chi connectivity index (χ4n) is 4.13. The van der Waals surface area contributed by atoms with E-state index in [0.717, 1.165) is 11.1 Å². The standard InChI is InChI=1S/C27H22N2O4/c1-16-5-4-6-19(13-16)24-23(25(30)20-9-12-22(33-3)17(2)14-20)26(31)27(32)29(24)21-10-7-18(15-28)8-11-21/h4-14,24,30H,1-3H3/b25-23-. The van der Waals surface area contributed by atoms with Crippen molar-refractivity contribution in [3.63, 3.8) is 0 Å². The second-order valence-electron chi connectivity index (χ2n) is 7.93. The number of ether oxygens (including phenoxy) is 1. The predicted octanol–water partition coefficient (Wildman–Crippen LogP) is 4.81. The van der Waals surface area contributed by atoms with Gasteiger partial charge in [0.1, 0.15) is 11.5 Å². The first-order valence-corrected chi connectivity index (χ1v) is 10.4. The number of hydrogen-bond donors (Lipinski definition) is 1. The Balaban J connectivity index is 1.94. The number of carbonyl (C=O) groups excluding carboxylic acids is 2. The highest BCUT2D eigenvalue weighted by Gasteiger charge is 2.47. The van der Waals surface area contributed by atoms with E-state index in [-0.39, 0.29) is 11.3 Å². The first-order valence-electron chi connectivity index (χ1n) is 10.4. The van der Waals surface area contributed by atoms with Crippen molar-refractivity contribution in [1.29, 1.82) is 5.26 Å². The molecule has 0 spiro atoms. The summed E-state index contributed by atoms with van der Waals surface area (Å²) < 4.78 is 5.29. The number of amides is 1. The number of methoxy groups -OCH3 is 1. The Morgan fingerprint density at radius 3 is 2.36 bits per heavy atom. The van der Waals surface area contributed by atoms with E-state index in [2.05, 4.69) is 0 Å². The van der Waals surface area contributed by atoms with Crippen LogP contribution < -0.4 is 9.64 Å². The number of benzene rings is 3. The van der Waals surface area contributed by atoms with Crippen LogP contribution in [0.4, 0.5) is 5.69 Å². The Labute approximate surface area is 192 Å². The van der Waals surface area contributed by atoms with Gasteiger partial charge in [0.25, 0.3) is 11.7 Å². The van der Waals surface area contributed by atoms with Crippen LogP contribution in [-0.4, -0.2) is 23.9 Å². The molecule has 0 aliphatic carbocycles. The van der Waals surface area contributed by atoms with E-state index in [0.29, 0.717) is 28.1 Å². The van der Waals surface area contributed by atoms with Crippen LogP contribution >= 0.6 is 0 Å². The molecule has 0 saturated carbocycles. The number of carbonyl (C=O) groups is 2. The van der Waals surface area contributed by atoms with Crippen LogP contribution in [0.3, 0.4) is 0 Å². The molecule has 6 nitrogen and oxygen atoms in total. The second-order valence-corrected chi connectivity index (χ2v) is 7.93. The zero-order valence-corrected chi connectivity index (χ0v) is 18.5. The highest BCUT2D eigenvalue weighted by molar-refractivity contribution is 6.51. The van der Waals surface area contributed by atoms with Crippen LogP contribution in [0.5, 0.6) is 5.75 Å². The molecular formula is C27H22N2O4. The van der Waals surface area contributed by atoms with Gasteiger partial charge in [-0.15, -0.1) is 0 Å². The Bertz CT molecular complexity index is 1330. The van der Waals surface area contributed by atoms with E-state index in [1.807, 2.05) is 44.2 Å². The van der Waals surface area contributed by atoms with Gasteiger partial charge in [-0.25, -0.2) is 0 Å². The summed E-state index contributed by atoms with van der Waals surface area (Å²) in [5, 5.41) is 20.4. The van der Waals surface area contributed by atoms with Crippen LogP contribution in [0, 0.1) is 25.2 Å². The number of ketones is 1. The van der Waals surface area contributed by atoms with E-state index in [1.54, 1.807) is 49.6 Å². The first-order chi connectivity index (χ1) is 15.8. The quantitative estimate of drug-likeness (QED) is 0.359. The Morgan fingerprint density at radius 2 is 1.76 bits per heavy atom. The highest BCUT2D eigenvalue weighted by atomic mass is 16.5. The van der Waals surface area contributed by atoms with Crippen LogP contribution in [0.2, 0.25) is 0 Å². The van der Waals surface area contributed by atoms with E-state index < -0.39 is 17.7 Å². The van der Waals surface area contributed by atoms with Crippen LogP contribution in [0.25, 0.3) is 5.76 Å². The number of aryl methyl sites for hydroxylation is 2. The number of nitrogens with zero attached hydrogens (tertiary/aromatic N) is 2. The molecule has 1 unspecified atom stereocenters. The lowest BCUT2D eigenvalue weighted by atomic mass is 9.93. The monoisotopic (exact) mass is 438 g/mol. The highest BCUT2D eigenvalue weighted by Crippen LogP contribution is 2.42. The van der Waals surface area contributed by atoms with Gasteiger partial charge in [-0.1, -0.05) is 29.8 Å². The molecule has 3 aromatic rings. The van der Waals surface area contributed by atoms with Crippen molar-refractivity contribution in [3.05, 3.63) is 100 Å². The van der Waals surface area contributed by atoms with E-state index in [9.17, 15) is 14.7 Å². The number of hydrogen-bond acceptors (Lipinski definition) is 5. The maximum absolute atomic E-state index is 13.2. The summed E-state index contributed by atoms with van der Waals surface area (Å²) in [5.41, 5.74) is 3.78. The molecule has 1 atom stereocenters. The van der Waals surface area contributed by atoms with Gasteiger partial charge >= 0.3 is 0 Å². The smallest absolute Gasteiger partial charge is 0.300 e. The van der Waals surface area contributed by atoms with Crippen molar-refractivity contribution in [2.75, 3.05) is 12.0 Å². The lowest BCUT2D eigenvalue weighted by Gasteiger charge is -2.25. The molecule has 0 aromatic heterocycles. The number of Topliss-reactive ketones (excluding diaryl/α,β-unsaturated/α-hetero) is 1. The lowest BCUT2D eigenvalue weighted by Crippen LogP contribution is -2.29. The molecular weight excluding hydrogens is 416 g/mol. The van der Waals surface area contributed by atoms with Gasteiger partial charge < -0.3 is 9.84 Å². The van der Waals surface area contributed by atoms with E-state index >= 15 is 0 Å². The largest absolute Gasteiger partial charge is 0.507 e. The Morgan fingerprint density at radius 1 is 1.03 bits per heavy atom. The molecule has 1 heterocycles. The Kier molecular flexibility index (Phi) is 5.72. The zero-order chi connectivity index (χ0) is 23.7. The summed E-state index contributed by atoms with van der Waals surface area (Å²) in [6.45, 7) is 3.76. The van der Waals surface area contributed by atoms with Gasteiger partial charge in [-0.05, 0) is 67.4 Å². The van der Waals surface area contributed by atoms with Gasteiger partial charge in [0, 0.05) is 11.3 Å². The minimum absolute atomic E-state index is 0.0135. The summed E-state index contributed by atoms with van der Waals surface area (Å²) in [7, 11) is 1.56. The topological polar surface area (TPSA) is 90.6 Å². The van der Waals surface area contributed by atoms with Gasteiger partial charge in [0.15, 0.2) is 0 Å². The van der Waals surface area contributed by atoms with Crippen LogP contribution in [0.1, 0.15) is 33.9 Å². The molecule has 4 rings (SSSR count). The molecule has 164 valence electrons. The summed E-state index contributed by atoms with van der Waals surface area (Å²) in [6.07, 6.45) is 0. The maximum Gasteiger partial charge on any atom is 0.300 e. The minimum atomic E-state index is -0.819. The van der Waals surface area contributed by atoms with Crippen molar-refractivity contribution >= 4 is 23.1 Å². The third-order valence-corrected chi connectivity index (χ3v) is 5.75. The number of rotatable bonds is 4.